The van der Waals surface area contributed by atoms with E-state index in [4.69, 9.17) is 22.2 Å². The number of benzene rings is 1. The van der Waals surface area contributed by atoms with Crippen LogP contribution in [0.15, 0.2) is 30.6 Å². The van der Waals surface area contributed by atoms with Gasteiger partial charge >= 0.3 is 0 Å². The van der Waals surface area contributed by atoms with E-state index in [0.717, 1.165) is 0 Å². The lowest BCUT2D eigenvalue weighted by Crippen LogP contribution is -2.31. The monoisotopic (exact) mass is 345 g/mol. The van der Waals surface area contributed by atoms with E-state index in [1.165, 1.54) is 18.5 Å². The molecule has 0 unspecified atom stereocenters. The quantitative estimate of drug-likeness (QED) is 0.778. The van der Waals surface area contributed by atoms with Crippen molar-refractivity contribution < 1.29 is 9.13 Å². The smallest absolute Gasteiger partial charge is 0.183 e. The number of halogens is 1. The third-order valence-corrected chi connectivity index (χ3v) is 3.32. The van der Waals surface area contributed by atoms with Crippen LogP contribution in [0.4, 0.5) is 10.2 Å². The van der Waals surface area contributed by atoms with Crippen LogP contribution in [0.3, 0.4) is 0 Å². The average molecular weight is 345 g/mol. The first-order valence-corrected chi connectivity index (χ1v) is 7.72. The molecule has 0 aliphatic carbocycles. The maximum Gasteiger partial charge on any atom is 0.183 e. The molecule has 0 atom stereocenters. The molecule has 1 aromatic heterocycles. The number of nitrogens with one attached hydrogen (secondary N) is 2. The maximum atomic E-state index is 13.9. The van der Waals surface area contributed by atoms with E-state index in [1.54, 1.807) is 12.1 Å². The Labute approximate surface area is 144 Å². The fourth-order valence-corrected chi connectivity index (χ4v) is 2.24. The number of rotatable bonds is 6. The molecule has 0 aliphatic rings. The first-order chi connectivity index (χ1) is 11.7. The van der Waals surface area contributed by atoms with Crippen molar-refractivity contribution >= 4 is 23.1 Å². The Morgan fingerprint density at radius 1 is 1.38 bits per heavy atom. The summed E-state index contributed by atoms with van der Waals surface area (Å²) in [4.78, 5) is 7.89. The van der Waals surface area contributed by atoms with E-state index in [1.807, 2.05) is 13.0 Å². The molecule has 0 amide bonds. The summed E-state index contributed by atoms with van der Waals surface area (Å²) in [6.45, 7) is 2.71. The van der Waals surface area contributed by atoms with E-state index >= 15 is 0 Å². The fraction of sp³-hybridized carbons (Fsp3) is 0.250. The SMILES string of the molecule is CCOc1cccc(F)c1CCNC(=S)Nc1nccnc1C#N. The summed E-state index contributed by atoms with van der Waals surface area (Å²) < 4.78 is 19.4. The van der Waals surface area contributed by atoms with Gasteiger partial charge in [0.05, 0.1) is 6.61 Å². The lowest BCUT2D eigenvalue weighted by Gasteiger charge is -2.13. The van der Waals surface area contributed by atoms with Crippen molar-refractivity contribution in [1.82, 2.24) is 15.3 Å². The molecule has 2 aromatic rings. The number of hydrogen-bond acceptors (Lipinski definition) is 5. The molecule has 1 heterocycles. The van der Waals surface area contributed by atoms with E-state index in [0.29, 0.717) is 30.9 Å². The van der Waals surface area contributed by atoms with Crippen molar-refractivity contribution in [3.05, 3.63) is 47.7 Å². The molecule has 0 bridgehead atoms. The van der Waals surface area contributed by atoms with E-state index in [-0.39, 0.29) is 22.4 Å². The minimum atomic E-state index is -0.317. The first-order valence-electron chi connectivity index (χ1n) is 7.31. The van der Waals surface area contributed by atoms with Crippen molar-refractivity contribution in [2.75, 3.05) is 18.5 Å². The second kappa shape index (κ2) is 8.74. The van der Waals surface area contributed by atoms with Crippen molar-refractivity contribution in [1.29, 1.82) is 5.26 Å². The minimum Gasteiger partial charge on any atom is -0.493 e. The number of thiocarbonyl (C=S) groups is 1. The normalized spacial score (nSPS) is 9.88. The zero-order valence-electron chi connectivity index (χ0n) is 13.0. The van der Waals surface area contributed by atoms with Gasteiger partial charge in [0.25, 0.3) is 0 Å². The molecule has 0 aliphatic heterocycles. The highest BCUT2D eigenvalue weighted by molar-refractivity contribution is 7.80. The van der Waals surface area contributed by atoms with Gasteiger partial charge in [0.15, 0.2) is 16.6 Å². The average Bonchev–Trinajstić information content (AvgIpc) is 2.58. The number of nitrogens with zero attached hydrogens (tertiary/aromatic N) is 3. The Hall–Kier alpha value is -2.79. The molecule has 6 nitrogen and oxygen atoms in total. The van der Waals surface area contributed by atoms with Crippen molar-refractivity contribution in [3.8, 4) is 11.8 Å². The molecule has 2 rings (SSSR count). The van der Waals surface area contributed by atoms with Crippen LogP contribution in [0.2, 0.25) is 0 Å². The minimum absolute atomic E-state index is 0.148. The van der Waals surface area contributed by atoms with Crippen molar-refractivity contribution in [2.24, 2.45) is 0 Å². The molecule has 0 spiro atoms. The van der Waals surface area contributed by atoms with Crippen LogP contribution in [-0.4, -0.2) is 28.2 Å². The predicted molar refractivity (Wildman–Crippen MR) is 92.2 cm³/mol. The van der Waals surface area contributed by atoms with Crippen LogP contribution in [-0.2, 0) is 6.42 Å². The molecule has 8 heteroatoms. The number of aromatic nitrogens is 2. The van der Waals surface area contributed by atoms with Crippen molar-refractivity contribution in [2.45, 2.75) is 13.3 Å². The topological polar surface area (TPSA) is 82.9 Å². The van der Waals surface area contributed by atoms with Gasteiger partial charge in [-0.25, -0.2) is 14.4 Å². The number of anilines is 1. The fourth-order valence-electron chi connectivity index (χ4n) is 2.04. The third-order valence-electron chi connectivity index (χ3n) is 3.07. The summed E-state index contributed by atoms with van der Waals surface area (Å²) >= 11 is 5.15. The molecule has 124 valence electrons. The summed E-state index contributed by atoms with van der Waals surface area (Å²) in [6.07, 6.45) is 3.28. The highest BCUT2D eigenvalue weighted by Gasteiger charge is 2.10. The molecule has 0 fully saturated rings. The first kappa shape index (κ1) is 17.6. The zero-order valence-corrected chi connectivity index (χ0v) is 13.9. The van der Waals surface area contributed by atoms with Gasteiger partial charge < -0.3 is 15.4 Å². The van der Waals surface area contributed by atoms with E-state index < -0.39 is 0 Å². The number of ether oxygens (including phenoxy) is 1. The lowest BCUT2D eigenvalue weighted by molar-refractivity contribution is 0.333. The molecule has 1 aromatic carbocycles. The Balaban J connectivity index is 1.93. The standard InChI is InChI=1S/C16H16FN5OS/c1-2-23-14-5-3-4-12(17)11(14)6-7-21-16(24)22-15-13(10-18)19-8-9-20-15/h3-5,8-9H,2,6-7H2,1H3,(H2,20,21,22,24). The second-order valence-corrected chi connectivity index (χ2v) is 5.05. The Kier molecular flexibility index (Phi) is 6.40. The predicted octanol–water partition coefficient (Wildman–Crippen LogP) is 2.42. The van der Waals surface area contributed by atoms with Gasteiger partial charge in [0.1, 0.15) is 17.6 Å². The third kappa shape index (κ3) is 4.60. The molecule has 2 N–H and O–H groups in total. The van der Waals surface area contributed by atoms with Gasteiger partial charge in [0, 0.05) is 24.5 Å². The van der Waals surface area contributed by atoms with Crippen LogP contribution in [0, 0.1) is 17.1 Å². The van der Waals surface area contributed by atoms with Gasteiger partial charge in [-0.3, -0.25) is 0 Å². The van der Waals surface area contributed by atoms with Crippen LogP contribution < -0.4 is 15.4 Å². The Morgan fingerprint density at radius 2 is 2.17 bits per heavy atom. The van der Waals surface area contributed by atoms with Gasteiger partial charge in [-0.1, -0.05) is 6.07 Å². The van der Waals surface area contributed by atoms with E-state index in [9.17, 15) is 4.39 Å². The van der Waals surface area contributed by atoms with Gasteiger partial charge in [-0.15, -0.1) is 0 Å². The number of nitriles is 1. The summed E-state index contributed by atoms with van der Waals surface area (Å²) in [7, 11) is 0. The van der Waals surface area contributed by atoms with Crippen molar-refractivity contribution in [3.63, 3.8) is 0 Å². The summed E-state index contributed by atoms with van der Waals surface area (Å²) in [5.74, 6) is 0.486. The molecule has 0 saturated heterocycles. The molecular weight excluding hydrogens is 329 g/mol. The molecule has 0 radical (unpaired) electrons. The summed E-state index contributed by atoms with van der Waals surface area (Å²) in [5, 5.41) is 15.0. The molecule has 0 saturated carbocycles. The van der Waals surface area contributed by atoms with Gasteiger partial charge in [0.2, 0.25) is 0 Å². The second-order valence-electron chi connectivity index (χ2n) is 4.65. The van der Waals surface area contributed by atoms with Gasteiger partial charge in [-0.2, -0.15) is 5.26 Å². The number of hydrogen-bond donors (Lipinski definition) is 2. The maximum absolute atomic E-state index is 13.9. The summed E-state index contributed by atoms with van der Waals surface area (Å²) in [5.41, 5.74) is 0.640. The zero-order chi connectivity index (χ0) is 17.4. The largest absolute Gasteiger partial charge is 0.493 e. The highest BCUT2D eigenvalue weighted by Crippen LogP contribution is 2.21. The summed E-state index contributed by atoms with van der Waals surface area (Å²) in [6, 6.07) is 6.66. The Morgan fingerprint density at radius 3 is 2.92 bits per heavy atom. The molecule has 24 heavy (non-hydrogen) atoms. The van der Waals surface area contributed by atoms with Crippen LogP contribution in [0.1, 0.15) is 18.2 Å². The molecular formula is C16H16FN5OS. The van der Waals surface area contributed by atoms with Crippen LogP contribution >= 0.6 is 12.2 Å². The highest BCUT2D eigenvalue weighted by atomic mass is 32.1. The van der Waals surface area contributed by atoms with Gasteiger partial charge in [-0.05, 0) is 37.7 Å². The van der Waals surface area contributed by atoms with Crippen LogP contribution in [0.25, 0.3) is 0 Å². The Bertz CT molecular complexity index is 762. The van der Waals surface area contributed by atoms with E-state index in [2.05, 4.69) is 20.6 Å². The lowest BCUT2D eigenvalue weighted by atomic mass is 10.1. The van der Waals surface area contributed by atoms with Crippen LogP contribution in [0.5, 0.6) is 5.75 Å².